The Hall–Kier alpha value is -0.530. The first kappa shape index (κ1) is 16.5. The van der Waals surface area contributed by atoms with Gasteiger partial charge in [-0.1, -0.05) is 48.5 Å². The number of amides is 1. The minimum absolute atomic E-state index is 0.106. The highest BCUT2D eigenvalue weighted by Gasteiger charge is 2.27. The zero-order valence-corrected chi connectivity index (χ0v) is 12.8. The van der Waals surface area contributed by atoms with E-state index in [0.717, 1.165) is 19.4 Å². The molecular formula is C15H31NO. The molecule has 0 aliphatic rings. The fraction of sp³-hybridized carbons (Fsp3) is 0.933. The van der Waals surface area contributed by atoms with E-state index in [1.54, 1.807) is 0 Å². The highest BCUT2D eigenvalue weighted by Crippen LogP contribution is 2.21. The van der Waals surface area contributed by atoms with Gasteiger partial charge in [-0.05, 0) is 24.7 Å². The number of hydrogen-bond acceptors (Lipinski definition) is 1. The van der Waals surface area contributed by atoms with Crippen molar-refractivity contribution in [2.24, 2.45) is 17.8 Å². The molecule has 2 heteroatoms. The first-order valence-corrected chi connectivity index (χ1v) is 7.11. The molecule has 0 saturated carbocycles. The van der Waals surface area contributed by atoms with Crippen LogP contribution < -0.4 is 0 Å². The van der Waals surface area contributed by atoms with Crippen LogP contribution in [0.3, 0.4) is 0 Å². The largest absolute Gasteiger partial charge is 0.339 e. The second kappa shape index (κ2) is 7.73. The van der Waals surface area contributed by atoms with Crippen LogP contribution >= 0.6 is 0 Å². The third kappa shape index (κ3) is 5.56. The summed E-state index contributed by atoms with van der Waals surface area (Å²) in [7, 11) is 0. The molecule has 1 unspecified atom stereocenters. The predicted octanol–water partition coefficient (Wildman–Crippen LogP) is 3.95. The molecular weight excluding hydrogens is 210 g/mol. The Morgan fingerprint density at radius 2 is 1.59 bits per heavy atom. The van der Waals surface area contributed by atoms with Crippen LogP contribution in [-0.2, 0) is 4.79 Å². The molecule has 0 spiro atoms. The SMILES string of the molecule is CCCN(C(=O)C(C)C)C(CC(C)C)C(C)C. The smallest absolute Gasteiger partial charge is 0.225 e. The molecule has 1 amide bonds. The van der Waals surface area contributed by atoms with E-state index in [4.69, 9.17) is 0 Å². The van der Waals surface area contributed by atoms with Gasteiger partial charge < -0.3 is 4.90 Å². The average molecular weight is 241 g/mol. The van der Waals surface area contributed by atoms with Gasteiger partial charge in [0, 0.05) is 18.5 Å². The monoisotopic (exact) mass is 241 g/mol. The van der Waals surface area contributed by atoms with Crippen molar-refractivity contribution in [3.8, 4) is 0 Å². The van der Waals surface area contributed by atoms with Crippen molar-refractivity contribution in [1.29, 1.82) is 0 Å². The normalized spacial score (nSPS) is 13.5. The van der Waals surface area contributed by atoms with E-state index >= 15 is 0 Å². The lowest BCUT2D eigenvalue weighted by Gasteiger charge is -2.36. The van der Waals surface area contributed by atoms with Gasteiger partial charge in [-0.15, -0.1) is 0 Å². The first-order valence-electron chi connectivity index (χ1n) is 7.11. The van der Waals surface area contributed by atoms with Crippen LogP contribution in [0.2, 0.25) is 0 Å². The summed E-state index contributed by atoms with van der Waals surface area (Å²) in [5, 5.41) is 0. The minimum Gasteiger partial charge on any atom is -0.339 e. The van der Waals surface area contributed by atoms with Gasteiger partial charge in [-0.25, -0.2) is 0 Å². The zero-order chi connectivity index (χ0) is 13.6. The molecule has 2 nitrogen and oxygen atoms in total. The Morgan fingerprint density at radius 1 is 1.06 bits per heavy atom. The van der Waals surface area contributed by atoms with Crippen molar-refractivity contribution in [1.82, 2.24) is 4.90 Å². The lowest BCUT2D eigenvalue weighted by atomic mass is 9.92. The Balaban J connectivity index is 4.88. The number of rotatable bonds is 7. The summed E-state index contributed by atoms with van der Waals surface area (Å²) in [4.78, 5) is 14.4. The Kier molecular flexibility index (Phi) is 7.49. The molecule has 0 aromatic rings. The fourth-order valence-electron chi connectivity index (χ4n) is 2.25. The molecule has 0 N–H and O–H groups in total. The lowest BCUT2D eigenvalue weighted by Crippen LogP contribution is -2.46. The molecule has 102 valence electrons. The van der Waals surface area contributed by atoms with Crippen molar-refractivity contribution in [2.45, 2.75) is 67.3 Å². The Bertz CT molecular complexity index is 221. The van der Waals surface area contributed by atoms with Crippen molar-refractivity contribution in [3.05, 3.63) is 0 Å². The molecule has 0 radical (unpaired) electrons. The van der Waals surface area contributed by atoms with Crippen molar-refractivity contribution in [3.63, 3.8) is 0 Å². The van der Waals surface area contributed by atoms with Crippen LogP contribution in [0.1, 0.15) is 61.3 Å². The van der Waals surface area contributed by atoms with Gasteiger partial charge >= 0.3 is 0 Å². The third-order valence-electron chi connectivity index (χ3n) is 3.12. The summed E-state index contributed by atoms with van der Waals surface area (Å²) in [6, 6.07) is 0.393. The standard InChI is InChI=1S/C15H31NO/c1-8-9-16(15(17)13(6)7)14(12(4)5)10-11(2)3/h11-14H,8-10H2,1-7H3. The fourth-order valence-corrected chi connectivity index (χ4v) is 2.25. The summed E-state index contributed by atoms with van der Waals surface area (Å²) in [5.74, 6) is 1.59. The zero-order valence-electron chi connectivity index (χ0n) is 12.8. The molecule has 0 aliphatic carbocycles. The molecule has 0 aromatic heterocycles. The number of carbonyl (C=O) groups excluding carboxylic acids is 1. The van der Waals surface area contributed by atoms with Crippen LogP contribution in [0.5, 0.6) is 0 Å². The molecule has 0 bridgehead atoms. The molecule has 0 fully saturated rings. The summed E-state index contributed by atoms with van der Waals surface area (Å²) in [5.41, 5.74) is 0. The molecule has 0 rings (SSSR count). The summed E-state index contributed by atoms with van der Waals surface area (Å²) >= 11 is 0. The Labute approximate surface area is 108 Å². The summed E-state index contributed by atoms with van der Waals surface area (Å²) < 4.78 is 0. The second-order valence-electron chi connectivity index (χ2n) is 6.13. The maximum Gasteiger partial charge on any atom is 0.225 e. The highest BCUT2D eigenvalue weighted by atomic mass is 16.2. The van der Waals surface area contributed by atoms with E-state index in [-0.39, 0.29) is 5.92 Å². The molecule has 1 atom stereocenters. The van der Waals surface area contributed by atoms with Crippen molar-refractivity contribution < 1.29 is 4.79 Å². The third-order valence-corrected chi connectivity index (χ3v) is 3.12. The minimum atomic E-state index is 0.106. The van der Waals surface area contributed by atoms with E-state index in [1.165, 1.54) is 0 Å². The first-order chi connectivity index (χ1) is 7.81. The van der Waals surface area contributed by atoms with Gasteiger partial charge in [0.15, 0.2) is 0 Å². The van der Waals surface area contributed by atoms with Gasteiger partial charge in [0.1, 0.15) is 0 Å². The van der Waals surface area contributed by atoms with E-state index < -0.39 is 0 Å². The molecule has 0 aliphatic heterocycles. The van der Waals surface area contributed by atoms with Crippen molar-refractivity contribution in [2.75, 3.05) is 6.54 Å². The molecule has 0 aromatic carbocycles. The predicted molar refractivity (Wildman–Crippen MR) is 74.9 cm³/mol. The lowest BCUT2D eigenvalue weighted by molar-refractivity contribution is -0.138. The van der Waals surface area contributed by atoms with Crippen LogP contribution in [0.4, 0.5) is 0 Å². The summed E-state index contributed by atoms with van der Waals surface area (Å²) in [6.07, 6.45) is 2.15. The van der Waals surface area contributed by atoms with E-state index in [9.17, 15) is 4.79 Å². The van der Waals surface area contributed by atoms with Gasteiger partial charge in [-0.2, -0.15) is 0 Å². The topological polar surface area (TPSA) is 20.3 Å². The number of carbonyl (C=O) groups is 1. The highest BCUT2D eigenvalue weighted by molar-refractivity contribution is 5.78. The second-order valence-corrected chi connectivity index (χ2v) is 6.13. The molecule has 0 heterocycles. The maximum atomic E-state index is 12.3. The number of hydrogen-bond donors (Lipinski definition) is 0. The van der Waals surface area contributed by atoms with Gasteiger partial charge in [0.25, 0.3) is 0 Å². The van der Waals surface area contributed by atoms with Gasteiger partial charge in [0.05, 0.1) is 0 Å². The molecule has 0 saturated heterocycles. The quantitative estimate of drug-likeness (QED) is 0.661. The van der Waals surface area contributed by atoms with E-state index in [0.29, 0.717) is 23.8 Å². The van der Waals surface area contributed by atoms with E-state index in [1.807, 2.05) is 13.8 Å². The van der Waals surface area contributed by atoms with Crippen LogP contribution in [-0.4, -0.2) is 23.4 Å². The van der Waals surface area contributed by atoms with Crippen LogP contribution in [0.15, 0.2) is 0 Å². The average Bonchev–Trinajstić information content (AvgIpc) is 2.21. The maximum absolute atomic E-state index is 12.3. The Morgan fingerprint density at radius 3 is 1.88 bits per heavy atom. The van der Waals surface area contributed by atoms with E-state index in [2.05, 4.69) is 39.5 Å². The summed E-state index contributed by atoms with van der Waals surface area (Å²) in [6.45, 7) is 16.0. The molecule has 17 heavy (non-hydrogen) atoms. The van der Waals surface area contributed by atoms with Crippen LogP contribution in [0, 0.1) is 17.8 Å². The van der Waals surface area contributed by atoms with Crippen LogP contribution in [0.25, 0.3) is 0 Å². The van der Waals surface area contributed by atoms with Crippen molar-refractivity contribution >= 4 is 5.91 Å². The number of nitrogens with zero attached hydrogens (tertiary/aromatic N) is 1. The van der Waals surface area contributed by atoms with Gasteiger partial charge in [-0.3, -0.25) is 4.79 Å². The van der Waals surface area contributed by atoms with Gasteiger partial charge in [0.2, 0.25) is 5.91 Å².